The number of aryl methyl sites for hydroxylation is 2. The van der Waals surface area contributed by atoms with Crippen molar-refractivity contribution >= 4 is 0 Å². The second-order valence-electron chi connectivity index (χ2n) is 7.85. The van der Waals surface area contributed by atoms with Crippen molar-refractivity contribution in [2.75, 3.05) is 0 Å². The van der Waals surface area contributed by atoms with Crippen LogP contribution in [0, 0.1) is 6.92 Å². The lowest BCUT2D eigenvalue weighted by Crippen LogP contribution is -2.43. The van der Waals surface area contributed by atoms with Crippen LogP contribution in [0.5, 0.6) is 0 Å². The molecule has 3 nitrogen and oxygen atoms in total. The first kappa shape index (κ1) is 17.7. The van der Waals surface area contributed by atoms with Crippen molar-refractivity contribution in [1.29, 1.82) is 0 Å². The monoisotopic (exact) mass is 352 g/mol. The highest BCUT2D eigenvalue weighted by molar-refractivity contribution is 5.44. The van der Waals surface area contributed by atoms with E-state index in [0.717, 1.165) is 18.4 Å². The van der Waals surface area contributed by atoms with Gasteiger partial charge in [0.05, 0.1) is 18.8 Å². The van der Waals surface area contributed by atoms with Crippen LogP contribution in [0.4, 0.5) is 0 Å². The predicted octanol–water partition coefficient (Wildman–Crippen LogP) is 4.39. The molecule has 0 amide bonds. The number of hydrogen-bond acceptors (Lipinski definition) is 3. The van der Waals surface area contributed by atoms with E-state index in [1.807, 2.05) is 6.92 Å². The van der Waals surface area contributed by atoms with Crippen LogP contribution in [0.3, 0.4) is 0 Å². The quantitative estimate of drug-likeness (QED) is 0.890. The Hall–Kier alpha value is -1.68. The third kappa shape index (κ3) is 3.20. The van der Waals surface area contributed by atoms with Crippen molar-refractivity contribution in [2.24, 2.45) is 0 Å². The van der Waals surface area contributed by atoms with E-state index in [1.54, 1.807) is 0 Å². The summed E-state index contributed by atoms with van der Waals surface area (Å²) in [4.78, 5) is 0. The number of benzene rings is 2. The normalized spacial score (nSPS) is 27.7. The zero-order valence-electron chi connectivity index (χ0n) is 15.9. The number of rotatable bonds is 3. The van der Waals surface area contributed by atoms with Crippen LogP contribution >= 0.6 is 0 Å². The zero-order chi connectivity index (χ0) is 18.3. The summed E-state index contributed by atoms with van der Waals surface area (Å²) in [6.45, 7) is 6.91. The Morgan fingerprint density at radius 1 is 1.15 bits per heavy atom. The molecule has 0 aliphatic carbocycles. The maximum absolute atomic E-state index is 10.3. The molecule has 2 aliphatic heterocycles. The van der Waals surface area contributed by atoms with Crippen molar-refractivity contribution < 1.29 is 14.6 Å². The van der Waals surface area contributed by atoms with Gasteiger partial charge in [0, 0.05) is 12.0 Å². The predicted molar refractivity (Wildman–Crippen MR) is 102 cm³/mol. The Bertz CT molecular complexity index is 784. The molecular weight excluding hydrogens is 324 g/mol. The van der Waals surface area contributed by atoms with E-state index >= 15 is 0 Å². The van der Waals surface area contributed by atoms with E-state index in [-0.39, 0.29) is 12.2 Å². The minimum atomic E-state index is -0.777. The minimum Gasteiger partial charge on any atom is -0.393 e. The fourth-order valence-electron chi connectivity index (χ4n) is 4.33. The number of fused-ring (bicyclic) bond motifs is 2. The SMILES string of the molecule is CCc1ccc(Cc2cc3c(cc2C)CO[C@@]32C[C@@H](O)C[C@@H](C)O2)cc1. The minimum absolute atomic E-state index is 0.00367. The number of aliphatic hydroxyl groups is 1. The molecule has 3 atom stereocenters. The fraction of sp³-hybridized carbons (Fsp3) is 0.478. The Morgan fingerprint density at radius 3 is 2.58 bits per heavy atom. The highest BCUT2D eigenvalue weighted by atomic mass is 16.7. The van der Waals surface area contributed by atoms with Gasteiger partial charge in [-0.05, 0) is 67.0 Å². The average molecular weight is 352 g/mol. The molecule has 2 aromatic carbocycles. The van der Waals surface area contributed by atoms with E-state index in [9.17, 15) is 5.11 Å². The third-order valence-electron chi connectivity index (χ3n) is 5.76. The Kier molecular flexibility index (Phi) is 4.64. The first-order chi connectivity index (χ1) is 12.5. The van der Waals surface area contributed by atoms with Crippen molar-refractivity contribution in [2.45, 2.75) is 71.1 Å². The molecule has 1 saturated heterocycles. The lowest BCUT2D eigenvalue weighted by atomic mass is 9.88. The van der Waals surface area contributed by atoms with Gasteiger partial charge in [-0.1, -0.05) is 37.3 Å². The van der Waals surface area contributed by atoms with Gasteiger partial charge in [0.2, 0.25) is 0 Å². The first-order valence-corrected chi connectivity index (χ1v) is 9.69. The molecule has 2 aliphatic rings. The average Bonchev–Trinajstić information content (AvgIpc) is 2.91. The molecule has 0 aromatic heterocycles. The summed E-state index contributed by atoms with van der Waals surface area (Å²) in [5.41, 5.74) is 7.56. The first-order valence-electron chi connectivity index (χ1n) is 9.69. The zero-order valence-corrected chi connectivity index (χ0v) is 15.9. The molecule has 0 unspecified atom stereocenters. The van der Waals surface area contributed by atoms with Crippen LogP contribution < -0.4 is 0 Å². The standard InChI is InChI=1S/C23H28O3/c1-4-17-5-7-18(8-6-17)11-19-12-22-20(9-15(19)2)14-25-23(22)13-21(24)10-16(3)26-23/h5-9,12,16,21,24H,4,10-11,13-14H2,1-3H3/t16-,21+,23-/m1/s1. The van der Waals surface area contributed by atoms with E-state index in [4.69, 9.17) is 9.47 Å². The molecule has 1 N–H and O–H groups in total. The fourth-order valence-corrected chi connectivity index (χ4v) is 4.33. The summed E-state index contributed by atoms with van der Waals surface area (Å²) in [6.07, 6.45) is 2.76. The van der Waals surface area contributed by atoms with Gasteiger partial charge in [0.1, 0.15) is 0 Å². The van der Waals surface area contributed by atoms with Crippen LogP contribution in [0.25, 0.3) is 0 Å². The Balaban J connectivity index is 1.67. The third-order valence-corrected chi connectivity index (χ3v) is 5.76. The molecule has 0 bridgehead atoms. The molecule has 4 rings (SSSR count). The molecule has 26 heavy (non-hydrogen) atoms. The summed E-state index contributed by atoms with van der Waals surface area (Å²) in [7, 11) is 0. The number of hydrogen-bond donors (Lipinski definition) is 1. The van der Waals surface area contributed by atoms with E-state index in [0.29, 0.717) is 19.4 Å². The lowest BCUT2D eigenvalue weighted by molar-refractivity contribution is -0.295. The van der Waals surface area contributed by atoms with Crippen molar-refractivity contribution in [1.82, 2.24) is 0 Å². The highest BCUT2D eigenvalue weighted by Gasteiger charge is 2.47. The van der Waals surface area contributed by atoms with E-state index in [2.05, 4.69) is 50.2 Å². The molecule has 1 fully saturated rings. The van der Waals surface area contributed by atoms with Gasteiger partial charge in [-0.3, -0.25) is 0 Å². The van der Waals surface area contributed by atoms with Crippen LogP contribution in [-0.2, 0) is 34.7 Å². The van der Waals surface area contributed by atoms with Crippen LogP contribution in [0.1, 0.15) is 60.1 Å². The van der Waals surface area contributed by atoms with Gasteiger partial charge >= 0.3 is 0 Å². The summed E-state index contributed by atoms with van der Waals surface area (Å²) in [6, 6.07) is 13.3. The van der Waals surface area contributed by atoms with Gasteiger partial charge in [0.25, 0.3) is 0 Å². The maximum Gasteiger partial charge on any atom is 0.198 e. The molecule has 0 saturated carbocycles. The number of aliphatic hydroxyl groups excluding tert-OH is 1. The van der Waals surface area contributed by atoms with Gasteiger partial charge in [-0.2, -0.15) is 0 Å². The molecule has 3 heteroatoms. The van der Waals surface area contributed by atoms with Crippen LogP contribution in [-0.4, -0.2) is 17.3 Å². The molecule has 1 spiro atoms. The summed E-state index contributed by atoms with van der Waals surface area (Å²) in [5.74, 6) is -0.777. The van der Waals surface area contributed by atoms with Crippen molar-refractivity contribution in [3.8, 4) is 0 Å². The molecule has 0 radical (unpaired) electrons. The summed E-state index contributed by atoms with van der Waals surface area (Å²) >= 11 is 0. The largest absolute Gasteiger partial charge is 0.393 e. The van der Waals surface area contributed by atoms with Gasteiger partial charge in [-0.25, -0.2) is 0 Å². The lowest BCUT2D eigenvalue weighted by Gasteiger charge is -2.39. The highest BCUT2D eigenvalue weighted by Crippen LogP contribution is 2.46. The summed E-state index contributed by atoms with van der Waals surface area (Å²) in [5, 5.41) is 10.3. The Morgan fingerprint density at radius 2 is 1.88 bits per heavy atom. The van der Waals surface area contributed by atoms with Gasteiger partial charge in [-0.15, -0.1) is 0 Å². The smallest absolute Gasteiger partial charge is 0.198 e. The molecule has 2 heterocycles. The van der Waals surface area contributed by atoms with Gasteiger partial charge < -0.3 is 14.6 Å². The number of ether oxygens (including phenoxy) is 2. The Labute approximate surface area is 156 Å². The van der Waals surface area contributed by atoms with E-state index < -0.39 is 5.79 Å². The summed E-state index contributed by atoms with van der Waals surface area (Å²) < 4.78 is 12.3. The van der Waals surface area contributed by atoms with Crippen LogP contribution in [0.15, 0.2) is 36.4 Å². The maximum atomic E-state index is 10.3. The second-order valence-corrected chi connectivity index (χ2v) is 7.85. The van der Waals surface area contributed by atoms with Gasteiger partial charge in [0.15, 0.2) is 5.79 Å². The van der Waals surface area contributed by atoms with Crippen molar-refractivity contribution in [3.63, 3.8) is 0 Å². The molecular formula is C23H28O3. The van der Waals surface area contributed by atoms with Crippen LogP contribution in [0.2, 0.25) is 0 Å². The van der Waals surface area contributed by atoms with E-state index in [1.165, 1.54) is 27.8 Å². The second kappa shape index (κ2) is 6.80. The van der Waals surface area contributed by atoms with Crippen molar-refractivity contribution in [3.05, 3.63) is 69.8 Å². The molecule has 2 aromatic rings. The molecule has 138 valence electrons. The topological polar surface area (TPSA) is 38.7 Å².